The van der Waals surface area contributed by atoms with E-state index < -0.39 is 0 Å². The van der Waals surface area contributed by atoms with Crippen molar-refractivity contribution in [2.75, 3.05) is 0 Å². The molecule has 0 atom stereocenters. The highest BCUT2D eigenvalue weighted by molar-refractivity contribution is 5.84. The highest BCUT2D eigenvalue weighted by atomic mass is 16.5. The topological polar surface area (TPSA) is 60.4 Å². The molecule has 0 aliphatic heterocycles. The van der Waals surface area contributed by atoms with E-state index >= 15 is 0 Å². The fourth-order valence-electron chi connectivity index (χ4n) is 2.52. The van der Waals surface area contributed by atoms with Crippen LogP contribution in [-0.2, 0) is 20.2 Å². The van der Waals surface area contributed by atoms with Crippen molar-refractivity contribution in [1.82, 2.24) is 4.57 Å². The van der Waals surface area contributed by atoms with Gasteiger partial charge in [-0.3, -0.25) is 0 Å². The van der Waals surface area contributed by atoms with Crippen LogP contribution in [0.25, 0.3) is 10.9 Å². The van der Waals surface area contributed by atoms with E-state index in [4.69, 9.17) is 10.5 Å². The molecule has 0 bridgehead atoms. The first-order valence-electron chi connectivity index (χ1n) is 6.87. The van der Waals surface area contributed by atoms with Gasteiger partial charge in [-0.15, -0.1) is 0 Å². The van der Waals surface area contributed by atoms with Gasteiger partial charge in [0, 0.05) is 30.6 Å². The molecule has 0 spiro atoms. The second-order valence-corrected chi connectivity index (χ2v) is 5.03. The zero-order valence-corrected chi connectivity index (χ0v) is 11.9. The SMILES string of the molecule is Cn1c(COc2cccc(O)c2)cc2c(CN)cccc21. The fraction of sp³-hybridized carbons (Fsp3) is 0.176. The Bertz CT molecular complexity index is 778. The van der Waals surface area contributed by atoms with Crippen molar-refractivity contribution in [3.05, 3.63) is 59.8 Å². The molecule has 108 valence electrons. The molecule has 0 aliphatic carbocycles. The van der Waals surface area contributed by atoms with Crippen molar-refractivity contribution in [3.63, 3.8) is 0 Å². The minimum absolute atomic E-state index is 0.204. The zero-order chi connectivity index (χ0) is 14.8. The number of benzene rings is 2. The van der Waals surface area contributed by atoms with Crippen molar-refractivity contribution >= 4 is 10.9 Å². The average Bonchev–Trinajstić information content (AvgIpc) is 2.82. The molecule has 0 aliphatic rings. The Hall–Kier alpha value is -2.46. The Labute approximate surface area is 123 Å². The molecule has 0 unspecified atom stereocenters. The van der Waals surface area contributed by atoms with E-state index in [-0.39, 0.29) is 5.75 Å². The maximum absolute atomic E-state index is 9.45. The number of aromatic nitrogens is 1. The van der Waals surface area contributed by atoms with Gasteiger partial charge in [0.2, 0.25) is 0 Å². The number of fused-ring (bicyclic) bond motifs is 1. The smallest absolute Gasteiger partial charge is 0.128 e. The van der Waals surface area contributed by atoms with Crippen LogP contribution >= 0.6 is 0 Å². The second-order valence-electron chi connectivity index (χ2n) is 5.03. The molecule has 0 saturated carbocycles. The van der Waals surface area contributed by atoms with Crippen LogP contribution in [0, 0.1) is 0 Å². The van der Waals surface area contributed by atoms with Gasteiger partial charge in [-0.2, -0.15) is 0 Å². The van der Waals surface area contributed by atoms with Gasteiger partial charge >= 0.3 is 0 Å². The summed E-state index contributed by atoms with van der Waals surface area (Å²) < 4.78 is 7.85. The van der Waals surface area contributed by atoms with E-state index in [0.29, 0.717) is 18.9 Å². The lowest BCUT2D eigenvalue weighted by atomic mass is 10.1. The molecule has 0 saturated heterocycles. The molecular weight excluding hydrogens is 264 g/mol. The lowest BCUT2D eigenvalue weighted by Gasteiger charge is -2.07. The van der Waals surface area contributed by atoms with Gasteiger partial charge in [0.1, 0.15) is 18.1 Å². The van der Waals surface area contributed by atoms with E-state index in [0.717, 1.165) is 22.2 Å². The van der Waals surface area contributed by atoms with Crippen LogP contribution in [0.3, 0.4) is 0 Å². The highest BCUT2D eigenvalue weighted by Gasteiger charge is 2.09. The van der Waals surface area contributed by atoms with Crippen LogP contribution in [0.5, 0.6) is 11.5 Å². The Morgan fingerprint density at radius 2 is 1.95 bits per heavy atom. The molecule has 4 heteroatoms. The first-order valence-corrected chi connectivity index (χ1v) is 6.87. The molecule has 0 amide bonds. The largest absolute Gasteiger partial charge is 0.508 e. The molecule has 2 aromatic carbocycles. The van der Waals surface area contributed by atoms with Gasteiger partial charge in [0.15, 0.2) is 0 Å². The molecule has 21 heavy (non-hydrogen) atoms. The Kier molecular flexibility index (Phi) is 3.54. The number of nitrogens with two attached hydrogens (primary N) is 1. The first-order chi connectivity index (χ1) is 10.2. The maximum Gasteiger partial charge on any atom is 0.128 e. The van der Waals surface area contributed by atoms with Crippen LogP contribution in [0.4, 0.5) is 0 Å². The molecular formula is C17H18N2O2. The summed E-state index contributed by atoms with van der Waals surface area (Å²) >= 11 is 0. The summed E-state index contributed by atoms with van der Waals surface area (Å²) in [5, 5.41) is 10.6. The summed E-state index contributed by atoms with van der Waals surface area (Å²) in [5.74, 6) is 0.856. The van der Waals surface area contributed by atoms with Gasteiger partial charge in [0.05, 0.1) is 5.69 Å². The normalized spacial score (nSPS) is 11.0. The molecule has 3 N–H and O–H groups in total. The Morgan fingerprint density at radius 3 is 2.71 bits per heavy atom. The number of ether oxygens (including phenoxy) is 1. The van der Waals surface area contributed by atoms with E-state index in [1.165, 1.54) is 0 Å². The number of phenols is 1. The lowest BCUT2D eigenvalue weighted by Crippen LogP contribution is -2.01. The number of hydrogen-bond donors (Lipinski definition) is 2. The molecule has 3 aromatic rings. The summed E-state index contributed by atoms with van der Waals surface area (Å²) in [6.45, 7) is 0.965. The number of aryl methyl sites for hydroxylation is 1. The van der Waals surface area contributed by atoms with Crippen molar-refractivity contribution < 1.29 is 9.84 Å². The van der Waals surface area contributed by atoms with Gasteiger partial charge in [-0.25, -0.2) is 0 Å². The molecule has 0 radical (unpaired) electrons. The van der Waals surface area contributed by atoms with E-state index in [1.54, 1.807) is 18.2 Å². The number of nitrogens with zero attached hydrogens (tertiary/aromatic N) is 1. The van der Waals surface area contributed by atoms with E-state index in [2.05, 4.69) is 16.7 Å². The van der Waals surface area contributed by atoms with Crippen molar-refractivity contribution in [2.24, 2.45) is 12.8 Å². The predicted octanol–water partition coefficient (Wildman–Crippen LogP) is 2.92. The fourth-order valence-corrected chi connectivity index (χ4v) is 2.52. The number of phenolic OH excluding ortho intramolecular Hbond substituents is 1. The van der Waals surface area contributed by atoms with Gasteiger partial charge in [0.25, 0.3) is 0 Å². The monoisotopic (exact) mass is 282 g/mol. The van der Waals surface area contributed by atoms with Crippen LogP contribution in [-0.4, -0.2) is 9.67 Å². The maximum atomic E-state index is 9.45. The van der Waals surface area contributed by atoms with Crippen molar-refractivity contribution in [1.29, 1.82) is 0 Å². The van der Waals surface area contributed by atoms with Crippen molar-refractivity contribution in [2.45, 2.75) is 13.2 Å². The number of hydrogen-bond acceptors (Lipinski definition) is 3. The number of aromatic hydroxyl groups is 1. The first kappa shape index (κ1) is 13.5. The van der Waals surface area contributed by atoms with E-state index in [9.17, 15) is 5.11 Å². The van der Waals surface area contributed by atoms with Gasteiger partial charge in [-0.05, 0) is 29.8 Å². The minimum Gasteiger partial charge on any atom is -0.508 e. The van der Waals surface area contributed by atoms with Crippen molar-refractivity contribution in [3.8, 4) is 11.5 Å². The summed E-state index contributed by atoms with van der Waals surface area (Å²) in [5.41, 5.74) is 9.13. The number of rotatable bonds is 4. The Morgan fingerprint density at radius 1 is 1.14 bits per heavy atom. The minimum atomic E-state index is 0.204. The van der Waals surface area contributed by atoms with Crippen LogP contribution in [0.1, 0.15) is 11.3 Å². The summed E-state index contributed by atoms with van der Waals surface area (Å²) in [6.07, 6.45) is 0. The lowest BCUT2D eigenvalue weighted by molar-refractivity contribution is 0.296. The predicted molar refractivity (Wildman–Crippen MR) is 83.2 cm³/mol. The van der Waals surface area contributed by atoms with Gasteiger partial charge in [-0.1, -0.05) is 18.2 Å². The molecule has 0 fully saturated rings. The third-order valence-corrected chi connectivity index (χ3v) is 3.70. The van der Waals surface area contributed by atoms with Gasteiger partial charge < -0.3 is 20.1 Å². The highest BCUT2D eigenvalue weighted by Crippen LogP contribution is 2.24. The van der Waals surface area contributed by atoms with Crippen LogP contribution in [0.15, 0.2) is 48.5 Å². The standard InChI is InChI=1S/C17H18N2O2/c1-19-13(11-21-15-6-3-5-14(20)9-15)8-16-12(10-18)4-2-7-17(16)19/h2-9,20H,10-11,18H2,1H3. The summed E-state index contributed by atoms with van der Waals surface area (Å²) in [7, 11) is 2.02. The second kappa shape index (κ2) is 5.50. The molecule has 4 nitrogen and oxygen atoms in total. The van der Waals surface area contributed by atoms with Crippen LogP contribution in [0.2, 0.25) is 0 Å². The molecule has 1 aromatic heterocycles. The summed E-state index contributed by atoms with van der Waals surface area (Å²) in [4.78, 5) is 0. The third-order valence-electron chi connectivity index (χ3n) is 3.70. The third kappa shape index (κ3) is 2.58. The van der Waals surface area contributed by atoms with Crippen LogP contribution < -0.4 is 10.5 Å². The summed E-state index contributed by atoms with van der Waals surface area (Å²) in [6, 6.07) is 15.1. The van der Waals surface area contributed by atoms with E-state index in [1.807, 2.05) is 25.2 Å². The average molecular weight is 282 g/mol. The molecule has 1 heterocycles. The quantitative estimate of drug-likeness (QED) is 0.773. The zero-order valence-electron chi connectivity index (χ0n) is 11.9. The Balaban J connectivity index is 1.89. The molecule has 3 rings (SSSR count).